The van der Waals surface area contributed by atoms with Crippen molar-refractivity contribution in [1.29, 1.82) is 5.26 Å². The summed E-state index contributed by atoms with van der Waals surface area (Å²) >= 11 is 0. The minimum atomic E-state index is -0.612. The van der Waals surface area contributed by atoms with Crippen LogP contribution in [0.5, 0.6) is 5.75 Å². The van der Waals surface area contributed by atoms with Crippen LogP contribution in [-0.4, -0.2) is 4.98 Å². The molecule has 3 rings (SSSR count). The largest absolute Gasteiger partial charge is 0.440 e. The molecule has 2 aromatic heterocycles. The van der Waals surface area contributed by atoms with E-state index in [4.69, 9.17) is 14.9 Å². The molecular formula is C15H11N3O3. The van der Waals surface area contributed by atoms with E-state index in [2.05, 4.69) is 4.98 Å². The van der Waals surface area contributed by atoms with E-state index in [-0.39, 0.29) is 17.0 Å². The summed E-state index contributed by atoms with van der Waals surface area (Å²) in [6.45, 7) is 1.65. The van der Waals surface area contributed by atoms with Gasteiger partial charge in [-0.15, -0.1) is 0 Å². The molecule has 1 aliphatic rings. The van der Waals surface area contributed by atoms with Gasteiger partial charge in [-0.3, -0.25) is 4.98 Å². The molecule has 1 unspecified atom stereocenters. The van der Waals surface area contributed by atoms with Crippen LogP contribution in [0.25, 0.3) is 0 Å². The lowest BCUT2D eigenvalue weighted by atomic mass is 9.85. The van der Waals surface area contributed by atoms with Gasteiger partial charge in [-0.25, -0.2) is 4.79 Å². The Hall–Kier alpha value is -3.07. The number of hydrogen-bond donors (Lipinski definition) is 1. The Kier molecular flexibility index (Phi) is 2.95. The number of nitrogens with zero attached hydrogens (tertiary/aromatic N) is 2. The lowest BCUT2D eigenvalue weighted by Crippen LogP contribution is -2.26. The molecule has 6 heteroatoms. The molecular weight excluding hydrogens is 270 g/mol. The third-order valence-corrected chi connectivity index (χ3v) is 3.30. The summed E-state index contributed by atoms with van der Waals surface area (Å²) in [7, 11) is 0. The average Bonchev–Trinajstić information content (AvgIpc) is 2.46. The van der Waals surface area contributed by atoms with Crippen LogP contribution in [0.15, 0.2) is 51.3 Å². The quantitative estimate of drug-likeness (QED) is 0.851. The molecule has 0 saturated carbocycles. The first kappa shape index (κ1) is 12.9. The monoisotopic (exact) mass is 281 g/mol. The fraction of sp³-hybridized carbons (Fsp3) is 0.133. The van der Waals surface area contributed by atoms with Crippen molar-refractivity contribution in [2.45, 2.75) is 12.8 Å². The van der Waals surface area contributed by atoms with Crippen molar-refractivity contribution in [3.63, 3.8) is 0 Å². The number of ether oxygens (including phenoxy) is 1. The van der Waals surface area contributed by atoms with E-state index in [1.54, 1.807) is 37.5 Å². The standard InChI is InChI=1S/C15H11N3O3/c1-8-6-11-13(15(19)20-8)12(9-2-4-18-5-3-9)10(7-16)14(17)21-11/h2-6,12H,17H2,1H3. The number of pyridine rings is 1. The zero-order chi connectivity index (χ0) is 15.0. The Morgan fingerprint density at radius 1 is 1.38 bits per heavy atom. The summed E-state index contributed by atoms with van der Waals surface area (Å²) in [4.78, 5) is 16.1. The van der Waals surface area contributed by atoms with Gasteiger partial charge in [-0.2, -0.15) is 5.26 Å². The van der Waals surface area contributed by atoms with Crippen molar-refractivity contribution >= 4 is 0 Å². The van der Waals surface area contributed by atoms with Crippen LogP contribution in [0, 0.1) is 18.3 Å². The molecule has 0 spiro atoms. The van der Waals surface area contributed by atoms with Gasteiger partial charge in [-0.05, 0) is 24.6 Å². The molecule has 0 fully saturated rings. The molecule has 0 amide bonds. The highest BCUT2D eigenvalue weighted by Crippen LogP contribution is 2.40. The molecule has 0 aliphatic carbocycles. The summed E-state index contributed by atoms with van der Waals surface area (Å²) in [6.07, 6.45) is 3.18. The van der Waals surface area contributed by atoms with Gasteiger partial charge in [-0.1, -0.05) is 0 Å². The van der Waals surface area contributed by atoms with E-state index in [0.717, 1.165) is 5.56 Å². The molecule has 0 aromatic carbocycles. The van der Waals surface area contributed by atoms with Crippen molar-refractivity contribution in [2.75, 3.05) is 0 Å². The molecule has 104 valence electrons. The summed E-state index contributed by atoms with van der Waals surface area (Å²) in [5.74, 6) is 0.123. The molecule has 0 radical (unpaired) electrons. The minimum absolute atomic E-state index is 0.00295. The third-order valence-electron chi connectivity index (χ3n) is 3.30. The molecule has 0 bridgehead atoms. The Morgan fingerprint density at radius 3 is 2.76 bits per heavy atom. The van der Waals surface area contributed by atoms with Crippen LogP contribution in [-0.2, 0) is 0 Å². The maximum atomic E-state index is 12.2. The Morgan fingerprint density at radius 2 is 2.10 bits per heavy atom. The molecule has 0 saturated heterocycles. The molecule has 21 heavy (non-hydrogen) atoms. The van der Waals surface area contributed by atoms with Crippen LogP contribution in [0.2, 0.25) is 0 Å². The number of allylic oxidation sites excluding steroid dienone is 1. The van der Waals surface area contributed by atoms with Gasteiger partial charge in [0.2, 0.25) is 5.88 Å². The summed E-state index contributed by atoms with van der Waals surface area (Å²) in [5.41, 5.74) is 6.47. The van der Waals surface area contributed by atoms with Gasteiger partial charge in [0.05, 0.1) is 11.5 Å². The predicted octanol–water partition coefficient (Wildman–Crippen LogP) is 1.56. The number of fused-ring (bicyclic) bond motifs is 1. The van der Waals surface area contributed by atoms with Crippen molar-refractivity contribution in [3.8, 4) is 11.8 Å². The van der Waals surface area contributed by atoms with Gasteiger partial charge in [0.25, 0.3) is 0 Å². The van der Waals surface area contributed by atoms with Crippen LogP contribution in [0.3, 0.4) is 0 Å². The summed E-state index contributed by atoms with van der Waals surface area (Å²) < 4.78 is 10.5. The lowest BCUT2D eigenvalue weighted by molar-refractivity contribution is 0.371. The second-order valence-electron chi connectivity index (χ2n) is 4.63. The smallest absolute Gasteiger partial charge is 0.343 e. The molecule has 2 aromatic rings. The average molecular weight is 281 g/mol. The molecule has 2 N–H and O–H groups in total. The lowest BCUT2D eigenvalue weighted by Gasteiger charge is -2.24. The van der Waals surface area contributed by atoms with Crippen molar-refractivity contribution in [3.05, 3.63) is 69.4 Å². The number of nitriles is 1. The Labute approximate surface area is 120 Å². The fourth-order valence-corrected chi connectivity index (χ4v) is 2.41. The predicted molar refractivity (Wildman–Crippen MR) is 73.2 cm³/mol. The number of aromatic nitrogens is 1. The van der Waals surface area contributed by atoms with E-state index in [9.17, 15) is 10.1 Å². The van der Waals surface area contributed by atoms with E-state index in [1.807, 2.05) is 6.07 Å². The zero-order valence-corrected chi connectivity index (χ0v) is 11.2. The molecule has 3 heterocycles. The van der Waals surface area contributed by atoms with E-state index in [0.29, 0.717) is 11.5 Å². The van der Waals surface area contributed by atoms with Crippen LogP contribution >= 0.6 is 0 Å². The molecule has 1 aliphatic heterocycles. The Bertz CT molecular complexity index is 831. The first-order valence-electron chi connectivity index (χ1n) is 6.24. The number of rotatable bonds is 1. The first-order valence-corrected chi connectivity index (χ1v) is 6.24. The zero-order valence-electron chi connectivity index (χ0n) is 11.2. The minimum Gasteiger partial charge on any atom is -0.440 e. The van der Waals surface area contributed by atoms with E-state index >= 15 is 0 Å². The van der Waals surface area contributed by atoms with Gasteiger partial charge >= 0.3 is 5.63 Å². The highest BCUT2D eigenvalue weighted by atomic mass is 16.5. The number of hydrogen-bond acceptors (Lipinski definition) is 6. The normalized spacial score (nSPS) is 16.9. The SMILES string of the molecule is Cc1cc2c(c(=O)o1)C(c1ccncc1)C(C#N)=C(N)O2. The highest BCUT2D eigenvalue weighted by molar-refractivity contribution is 5.54. The topological polar surface area (TPSA) is 102 Å². The van der Waals surface area contributed by atoms with Gasteiger partial charge in [0, 0.05) is 18.5 Å². The summed E-state index contributed by atoms with van der Waals surface area (Å²) in [5, 5.41) is 9.35. The van der Waals surface area contributed by atoms with Crippen molar-refractivity contribution < 1.29 is 9.15 Å². The van der Waals surface area contributed by atoms with Gasteiger partial charge < -0.3 is 14.9 Å². The third kappa shape index (κ3) is 2.05. The van der Waals surface area contributed by atoms with Crippen LogP contribution in [0.4, 0.5) is 0 Å². The van der Waals surface area contributed by atoms with E-state index in [1.165, 1.54) is 0 Å². The van der Waals surface area contributed by atoms with Crippen molar-refractivity contribution in [2.24, 2.45) is 5.73 Å². The van der Waals surface area contributed by atoms with Crippen LogP contribution in [0.1, 0.15) is 22.8 Å². The Balaban J connectivity index is 2.32. The second-order valence-corrected chi connectivity index (χ2v) is 4.63. The maximum absolute atomic E-state index is 12.2. The first-order chi connectivity index (χ1) is 10.1. The number of aryl methyl sites for hydroxylation is 1. The molecule has 1 atom stereocenters. The van der Waals surface area contributed by atoms with Crippen molar-refractivity contribution in [1.82, 2.24) is 4.98 Å². The fourth-order valence-electron chi connectivity index (χ4n) is 2.41. The maximum Gasteiger partial charge on any atom is 0.343 e. The van der Waals surface area contributed by atoms with Gasteiger partial charge in [0.1, 0.15) is 23.2 Å². The van der Waals surface area contributed by atoms with Crippen LogP contribution < -0.4 is 16.1 Å². The number of nitrogens with two attached hydrogens (primary N) is 1. The molecule has 6 nitrogen and oxygen atoms in total. The second kappa shape index (κ2) is 4.80. The summed E-state index contributed by atoms with van der Waals surface area (Å²) in [6, 6.07) is 7.05. The highest BCUT2D eigenvalue weighted by Gasteiger charge is 2.34. The van der Waals surface area contributed by atoms with E-state index < -0.39 is 11.5 Å². The van der Waals surface area contributed by atoms with Gasteiger partial charge in [0.15, 0.2) is 0 Å².